The van der Waals surface area contributed by atoms with Gasteiger partial charge in [0.05, 0.1) is 12.8 Å². The molecule has 0 amide bonds. The van der Waals surface area contributed by atoms with Crippen LogP contribution in [0.4, 0.5) is 4.39 Å². The monoisotopic (exact) mass is 341 g/mol. The van der Waals surface area contributed by atoms with Crippen molar-refractivity contribution in [2.24, 2.45) is 0 Å². The van der Waals surface area contributed by atoms with Gasteiger partial charge in [-0.1, -0.05) is 41.0 Å². The van der Waals surface area contributed by atoms with Crippen molar-refractivity contribution in [1.82, 2.24) is 14.8 Å². The fourth-order valence-corrected chi connectivity index (χ4v) is 3.14. The Bertz CT molecular complexity index is 965. The molecule has 1 aliphatic heterocycles. The number of halogens is 2. The second kappa shape index (κ2) is 5.76. The van der Waals surface area contributed by atoms with Gasteiger partial charge < -0.3 is 4.74 Å². The zero-order valence-corrected chi connectivity index (χ0v) is 13.6. The predicted molar refractivity (Wildman–Crippen MR) is 90.1 cm³/mol. The summed E-state index contributed by atoms with van der Waals surface area (Å²) in [4.78, 5) is 0. The van der Waals surface area contributed by atoms with Gasteiger partial charge >= 0.3 is 6.01 Å². The zero-order valence-electron chi connectivity index (χ0n) is 12.8. The van der Waals surface area contributed by atoms with Gasteiger partial charge in [0.1, 0.15) is 11.6 Å². The van der Waals surface area contributed by atoms with Crippen LogP contribution in [0.3, 0.4) is 0 Å². The van der Waals surface area contributed by atoms with Gasteiger partial charge in [-0.05, 0) is 29.8 Å². The molecule has 2 aromatic carbocycles. The lowest BCUT2D eigenvalue weighted by molar-refractivity contribution is 0.371. The molecular weight excluding hydrogens is 329 g/mol. The van der Waals surface area contributed by atoms with Crippen molar-refractivity contribution >= 4 is 17.2 Å². The number of hydrogen-bond donors (Lipinski definition) is 0. The molecule has 0 spiro atoms. The Morgan fingerprint density at radius 1 is 1.12 bits per heavy atom. The minimum atomic E-state index is -0.278. The molecule has 0 radical (unpaired) electrons. The number of nitrogens with zero attached hydrogens (tertiary/aromatic N) is 3. The molecule has 0 N–H and O–H groups in total. The Labute approximate surface area is 143 Å². The number of aromatic nitrogens is 3. The van der Waals surface area contributed by atoms with Crippen LogP contribution in [0.25, 0.3) is 11.3 Å². The van der Waals surface area contributed by atoms with Crippen molar-refractivity contribution in [2.45, 2.75) is 6.42 Å². The first-order valence-electron chi connectivity index (χ1n) is 7.42. The maximum absolute atomic E-state index is 14.4. The van der Waals surface area contributed by atoms with Crippen molar-refractivity contribution in [3.05, 3.63) is 76.3 Å². The Kier molecular flexibility index (Phi) is 3.58. The van der Waals surface area contributed by atoms with Crippen LogP contribution in [0.1, 0.15) is 17.0 Å². The molecule has 0 fully saturated rings. The van der Waals surface area contributed by atoms with Crippen LogP contribution in [0, 0.1) is 5.82 Å². The third-order valence-corrected chi connectivity index (χ3v) is 4.26. The van der Waals surface area contributed by atoms with Crippen molar-refractivity contribution in [2.75, 3.05) is 7.11 Å². The summed E-state index contributed by atoms with van der Waals surface area (Å²) in [7, 11) is 1.54. The van der Waals surface area contributed by atoms with Crippen LogP contribution < -0.4 is 4.74 Å². The highest BCUT2D eigenvalue weighted by molar-refractivity contribution is 6.30. The number of ether oxygens (including phenoxy) is 1. The van der Waals surface area contributed by atoms with Gasteiger partial charge in [-0.25, -0.2) is 8.96 Å². The second-order valence-corrected chi connectivity index (χ2v) is 5.84. The van der Waals surface area contributed by atoms with Gasteiger partial charge in [0.25, 0.3) is 0 Å². The van der Waals surface area contributed by atoms with Crippen molar-refractivity contribution < 1.29 is 9.13 Å². The maximum atomic E-state index is 14.4. The van der Waals surface area contributed by atoms with Gasteiger partial charge in [-0.3, -0.25) is 0 Å². The first kappa shape index (κ1) is 14.9. The first-order valence-corrected chi connectivity index (χ1v) is 7.80. The molecule has 2 heterocycles. The minimum absolute atomic E-state index is 0.278. The minimum Gasteiger partial charge on any atom is -0.467 e. The molecule has 3 aromatic rings. The molecule has 0 saturated heterocycles. The largest absolute Gasteiger partial charge is 0.467 e. The van der Waals surface area contributed by atoms with Crippen molar-refractivity contribution in [3.63, 3.8) is 0 Å². The third-order valence-electron chi connectivity index (χ3n) is 4.03. The van der Waals surface area contributed by atoms with Crippen LogP contribution >= 0.6 is 11.6 Å². The molecule has 120 valence electrons. The normalized spacial score (nSPS) is 12.9. The first-order chi connectivity index (χ1) is 11.7. The average Bonchev–Trinajstić information content (AvgIpc) is 2.93. The summed E-state index contributed by atoms with van der Waals surface area (Å²) >= 11 is 6.20. The molecule has 0 atom stereocenters. The molecule has 4 rings (SSSR count). The molecule has 24 heavy (non-hydrogen) atoms. The van der Waals surface area contributed by atoms with Gasteiger partial charge in [0.2, 0.25) is 0 Å². The Hall–Kier alpha value is -2.66. The van der Waals surface area contributed by atoms with E-state index in [4.69, 9.17) is 16.3 Å². The van der Waals surface area contributed by atoms with Gasteiger partial charge in [-0.2, -0.15) is 0 Å². The quantitative estimate of drug-likeness (QED) is 0.705. The summed E-state index contributed by atoms with van der Waals surface area (Å²) in [6.07, 6.45) is 2.45. The van der Waals surface area contributed by atoms with Gasteiger partial charge in [0.15, 0.2) is 0 Å². The lowest BCUT2D eigenvalue weighted by Gasteiger charge is -2.14. The Balaban J connectivity index is 2.01. The summed E-state index contributed by atoms with van der Waals surface area (Å²) in [6.45, 7) is 0. The van der Waals surface area contributed by atoms with Crippen molar-refractivity contribution in [3.8, 4) is 11.7 Å². The number of fused-ring (bicyclic) bond motifs is 3. The number of rotatable bonds is 2. The van der Waals surface area contributed by atoms with Crippen LogP contribution in [-0.2, 0) is 6.42 Å². The van der Waals surface area contributed by atoms with Crippen LogP contribution in [0.2, 0.25) is 5.02 Å². The highest BCUT2D eigenvalue weighted by Crippen LogP contribution is 2.36. The lowest BCUT2D eigenvalue weighted by Crippen LogP contribution is -2.04. The molecule has 0 unspecified atom stereocenters. The fraction of sp³-hybridized carbons (Fsp3) is 0.111. The van der Waals surface area contributed by atoms with Gasteiger partial charge in [0, 0.05) is 22.6 Å². The summed E-state index contributed by atoms with van der Waals surface area (Å²) in [5.74, 6) is 0.445. The van der Waals surface area contributed by atoms with E-state index in [1.807, 2.05) is 28.8 Å². The molecule has 1 aliphatic rings. The highest BCUT2D eigenvalue weighted by Gasteiger charge is 2.23. The van der Waals surface area contributed by atoms with Crippen LogP contribution in [-0.4, -0.2) is 21.9 Å². The standard InChI is InChI=1S/C18H13ClFN3O/c1-24-18-22-21-17-9-7-12(13-4-2-3-5-15(13)20)14-10-11(19)6-8-16(14)23(17)18/h2-8,10H,9H2,1H3. The van der Waals surface area contributed by atoms with Crippen LogP contribution in [0.15, 0.2) is 48.5 Å². The lowest BCUT2D eigenvalue weighted by atomic mass is 9.95. The highest BCUT2D eigenvalue weighted by atomic mass is 35.5. The molecule has 0 saturated carbocycles. The van der Waals surface area contributed by atoms with E-state index in [1.54, 1.807) is 25.3 Å². The van der Waals surface area contributed by atoms with Crippen LogP contribution in [0.5, 0.6) is 6.01 Å². The van der Waals surface area contributed by atoms with E-state index in [1.165, 1.54) is 6.07 Å². The molecular formula is C18H13ClFN3O. The molecule has 0 aliphatic carbocycles. The fourth-order valence-electron chi connectivity index (χ4n) is 2.96. The number of methoxy groups -OCH3 is 1. The Morgan fingerprint density at radius 2 is 1.96 bits per heavy atom. The number of hydrogen-bond acceptors (Lipinski definition) is 3. The molecule has 1 aromatic heterocycles. The summed E-state index contributed by atoms with van der Waals surface area (Å²) < 4.78 is 21.5. The van der Waals surface area contributed by atoms with E-state index < -0.39 is 0 Å². The van der Waals surface area contributed by atoms with E-state index in [9.17, 15) is 4.39 Å². The smallest absolute Gasteiger partial charge is 0.321 e. The summed E-state index contributed by atoms with van der Waals surface area (Å²) in [6, 6.07) is 12.6. The van der Waals surface area contributed by atoms with E-state index in [2.05, 4.69) is 10.2 Å². The number of allylic oxidation sites excluding steroid dienone is 1. The predicted octanol–water partition coefficient (Wildman–Crippen LogP) is 4.06. The summed E-state index contributed by atoms with van der Waals surface area (Å²) in [5, 5.41) is 8.80. The summed E-state index contributed by atoms with van der Waals surface area (Å²) in [5.41, 5.74) is 2.92. The molecule has 0 bridgehead atoms. The SMILES string of the molecule is COc1nnc2n1-c1ccc(Cl)cc1C(c1ccccc1F)=CC2. The molecule has 4 nitrogen and oxygen atoms in total. The Morgan fingerprint density at radius 3 is 2.75 bits per heavy atom. The second-order valence-electron chi connectivity index (χ2n) is 5.40. The maximum Gasteiger partial charge on any atom is 0.321 e. The third kappa shape index (κ3) is 2.29. The van der Waals surface area contributed by atoms with E-state index in [0.717, 1.165) is 22.6 Å². The van der Waals surface area contributed by atoms with Crippen molar-refractivity contribution in [1.29, 1.82) is 0 Å². The van der Waals surface area contributed by atoms with E-state index in [0.29, 0.717) is 23.0 Å². The topological polar surface area (TPSA) is 39.9 Å². The van der Waals surface area contributed by atoms with Gasteiger partial charge in [-0.15, -0.1) is 5.10 Å². The van der Waals surface area contributed by atoms with E-state index in [-0.39, 0.29) is 5.82 Å². The number of benzene rings is 2. The zero-order chi connectivity index (χ0) is 16.7. The molecule has 6 heteroatoms. The van der Waals surface area contributed by atoms with E-state index >= 15 is 0 Å². The average molecular weight is 342 g/mol.